The monoisotopic (exact) mass is 556 g/mol. The molecular weight excluding hydrogens is 529 g/mol. The van der Waals surface area contributed by atoms with Crippen LogP contribution in [0.1, 0.15) is 53.1 Å². The second-order valence-electron chi connectivity index (χ2n) is 8.93. The number of imidazole rings is 1. The van der Waals surface area contributed by atoms with E-state index in [9.17, 15) is 22.8 Å². The van der Waals surface area contributed by atoms with Gasteiger partial charge in [0.2, 0.25) is 0 Å². The average Bonchev–Trinajstić information content (AvgIpc) is 3.39. The number of alkyl halides is 3. The maximum absolute atomic E-state index is 13.0. The van der Waals surface area contributed by atoms with Gasteiger partial charge in [0.05, 0.1) is 17.9 Å². The number of pyridine rings is 1. The molecule has 14 heteroatoms. The summed E-state index contributed by atoms with van der Waals surface area (Å²) in [7, 11) is 0. The molecule has 1 aliphatic rings. The summed E-state index contributed by atoms with van der Waals surface area (Å²) in [5.74, 6) is -0.391. The van der Waals surface area contributed by atoms with E-state index in [1.807, 2.05) is 0 Å². The molecule has 3 heterocycles. The Bertz CT molecular complexity index is 1420. The summed E-state index contributed by atoms with van der Waals surface area (Å²) < 4.78 is 44.1. The van der Waals surface area contributed by atoms with Crippen molar-refractivity contribution in [1.29, 1.82) is 5.41 Å². The Labute approximate surface area is 227 Å². The Kier molecular flexibility index (Phi) is 8.46. The van der Waals surface area contributed by atoms with E-state index in [-0.39, 0.29) is 29.7 Å². The van der Waals surface area contributed by atoms with Crippen molar-refractivity contribution >= 4 is 30.0 Å². The van der Waals surface area contributed by atoms with Crippen molar-refractivity contribution in [2.45, 2.75) is 31.9 Å². The number of nitrogens with one attached hydrogen (secondary N) is 3. The fraction of sp³-hybridized carbons (Fsp3) is 0.308. The molecular formula is C26H27F3N8O3. The minimum absolute atomic E-state index is 0.0271. The highest BCUT2D eigenvalue weighted by molar-refractivity contribution is 6.05. The van der Waals surface area contributed by atoms with Crippen LogP contribution in [0, 0.1) is 5.41 Å². The zero-order valence-corrected chi connectivity index (χ0v) is 21.5. The predicted molar refractivity (Wildman–Crippen MR) is 141 cm³/mol. The molecule has 0 radical (unpaired) electrons. The Morgan fingerprint density at radius 2 is 2.05 bits per heavy atom. The number of amidine groups is 1. The van der Waals surface area contributed by atoms with Gasteiger partial charge < -0.3 is 25.7 Å². The lowest BCUT2D eigenvalue weighted by Gasteiger charge is -2.30. The summed E-state index contributed by atoms with van der Waals surface area (Å²) in [5.41, 5.74) is 6.73. The molecule has 0 saturated carbocycles. The van der Waals surface area contributed by atoms with E-state index in [4.69, 9.17) is 20.9 Å². The van der Waals surface area contributed by atoms with Crippen molar-refractivity contribution < 1.29 is 27.5 Å². The molecule has 1 unspecified atom stereocenters. The maximum Gasteiger partial charge on any atom is 0.416 e. The lowest BCUT2D eigenvalue weighted by molar-refractivity contribution is -0.137. The highest BCUT2D eigenvalue weighted by Crippen LogP contribution is 2.31. The van der Waals surface area contributed by atoms with Gasteiger partial charge in [0, 0.05) is 36.3 Å². The number of aromatic nitrogens is 3. The summed E-state index contributed by atoms with van der Waals surface area (Å²) >= 11 is 0. The van der Waals surface area contributed by atoms with E-state index in [0.717, 1.165) is 37.5 Å². The highest BCUT2D eigenvalue weighted by atomic mass is 19.4. The van der Waals surface area contributed by atoms with E-state index in [2.05, 4.69) is 20.3 Å². The first-order valence-corrected chi connectivity index (χ1v) is 12.4. The number of anilines is 1. The molecule has 5 N–H and O–H groups in total. The maximum atomic E-state index is 13.0. The van der Waals surface area contributed by atoms with Crippen LogP contribution in [0.4, 0.5) is 23.8 Å². The van der Waals surface area contributed by atoms with Gasteiger partial charge in [-0.2, -0.15) is 13.2 Å². The van der Waals surface area contributed by atoms with E-state index in [1.165, 1.54) is 12.1 Å². The normalized spacial score (nSPS) is 15.9. The standard InChI is InChI=1S/C26H27F3N8O3/c1-2-40-25(39)37-11-3-4-17(13-37)23-35-20(21(36-23)22(31)33-14-30)15-5-7-16(8-6-15)24(38)34-19-12-18(9-10-32-19)26(27,28)29/h5-10,12,14,17H,2-4,11,13H2,1H3,(H,35,36)(H3,30,31,33)(H,32,34,38). The Hall–Kier alpha value is -4.75. The van der Waals surface area contributed by atoms with Crippen molar-refractivity contribution in [1.82, 2.24) is 19.9 Å². The number of H-pyrrole nitrogens is 1. The number of piperidine rings is 1. The first-order valence-electron chi connectivity index (χ1n) is 12.4. The van der Waals surface area contributed by atoms with Crippen LogP contribution in [0.25, 0.3) is 11.3 Å². The van der Waals surface area contributed by atoms with Gasteiger partial charge in [-0.1, -0.05) is 12.1 Å². The van der Waals surface area contributed by atoms with Gasteiger partial charge in [-0.25, -0.2) is 19.8 Å². The number of aliphatic imine (C=N–C) groups is 1. The third-order valence-electron chi connectivity index (χ3n) is 6.27. The van der Waals surface area contributed by atoms with E-state index in [0.29, 0.717) is 35.9 Å². The Morgan fingerprint density at radius 3 is 2.73 bits per heavy atom. The number of nitrogens with zero attached hydrogens (tertiary/aromatic N) is 4. The van der Waals surface area contributed by atoms with Gasteiger partial charge in [0.25, 0.3) is 5.91 Å². The van der Waals surface area contributed by atoms with Crippen molar-refractivity contribution in [2.24, 2.45) is 10.7 Å². The van der Waals surface area contributed by atoms with Crippen LogP contribution in [0.3, 0.4) is 0 Å². The molecule has 1 fully saturated rings. The number of halogens is 3. The summed E-state index contributed by atoms with van der Waals surface area (Å²) in [6, 6.07) is 7.77. The van der Waals surface area contributed by atoms with Gasteiger partial charge in [-0.3, -0.25) is 10.2 Å². The zero-order valence-electron chi connectivity index (χ0n) is 21.5. The topological polar surface area (TPSA) is 162 Å². The summed E-state index contributed by atoms with van der Waals surface area (Å²) in [6.45, 7) is 2.99. The fourth-order valence-corrected chi connectivity index (χ4v) is 4.34. The second-order valence-corrected chi connectivity index (χ2v) is 8.93. The Morgan fingerprint density at radius 1 is 1.30 bits per heavy atom. The van der Waals surface area contributed by atoms with Gasteiger partial charge in [0.15, 0.2) is 5.84 Å². The molecule has 1 atom stereocenters. The Balaban J connectivity index is 1.58. The molecule has 0 bridgehead atoms. The number of hydrogen-bond donors (Lipinski definition) is 4. The number of benzene rings is 1. The number of carbonyl (C=O) groups excluding carboxylic acids is 2. The molecule has 3 aromatic rings. The van der Waals surface area contributed by atoms with Crippen LogP contribution >= 0.6 is 0 Å². The number of likely N-dealkylation sites (tertiary alicyclic amines) is 1. The number of amides is 2. The molecule has 1 saturated heterocycles. The van der Waals surface area contributed by atoms with Gasteiger partial charge in [-0.05, 0) is 44.0 Å². The number of ether oxygens (including phenoxy) is 1. The summed E-state index contributed by atoms with van der Waals surface area (Å²) in [4.78, 5) is 42.1. The summed E-state index contributed by atoms with van der Waals surface area (Å²) in [5, 5.41) is 9.66. The smallest absolute Gasteiger partial charge is 0.416 e. The predicted octanol–water partition coefficient (Wildman–Crippen LogP) is 4.39. The quantitative estimate of drug-likeness (QED) is 0.249. The van der Waals surface area contributed by atoms with Gasteiger partial charge in [0.1, 0.15) is 23.7 Å². The third-order valence-corrected chi connectivity index (χ3v) is 6.27. The zero-order chi connectivity index (χ0) is 28.9. The largest absolute Gasteiger partial charge is 0.450 e. The third kappa shape index (κ3) is 6.45. The number of hydrogen-bond acceptors (Lipinski definition) is 6. The minimum Gasteiger partial charge on any atom is -0.450 e. The average molecular weight is 557 g/mol. The van der Waals surface area contributed by atoms with Crippen LogP contribution in [0.5, 0.6) is 0 Å². The van der Waals surface area contributed by atoms with Crippen LogP contribution < -0.4 is 11.1 Å². The van der Waals surface area contributed by atoms with Crippen LogP contribution in [0.2, 0.25) is 0 Å². The van der Waals surface area contributed by atoms with E-state index >= 15 is 0 Å². The molecule has 1 aromatic carbocycles. The lowest BCUT2D eigenvalue weighted by atomic mass is 9.98. The number of nitrogens with two attached hydrogens (primary N) is 1. The molecule has 11 nitrogen and oxygen atoms in total. The first-order chi connectivity index (χ1) is 19.1. The van der Waals surface area contributed by atoms with Crippen molar-refractivity contribution in [3.8, 4) is 11.3 Å². The van der Waals surface area contributed by atoms with Gasteiger partial charge in [-0.15, -0.1) is 0 Å². The molecule has 1 aliphatic heterocycles. The lowest BCUT2D eigenvalue weighted by Crippen LogP contribution is -2.39. The molecule has 0 spiro atoms. The molecule has 2 amide bonds. The van der Waals surface area contributed by atoms with Crippen molar-refractivity contribution in [3.05, 3.63) is 65.2 Å². The molecule has 4 rings (SSSR count). The fourth-order valence-electron chi connectivity index (χ4n) is 4.34. The second kappa shape index (κ2) is 12.0. The van der Waals surface area contributed by atoms with Crippen molar-refractivity contribution in [3.63, 3.8) is 0 Å². The number of carbonyl (C=O) groups is 2. The highest BCUT2D eigenvalue weighted by Gasteiger charge is 2.31. The molecule has 0 aliphatic carbocycles. The van der Waals surface area contributed by atoms with Crippen LogP contribution in [-0.2, 0) is 10.9 Å². The minimum atomic E-state index is -4.57. The molecule has 40 heavy (non-hydrogen) atoms. The van der Waals surface area contributed by atoms with Crippen LogP contribution in [0.15, 0.2) is 47.6 Å². The molecule has 210 valence electrons. The van der Waals surface area contributed by atoms with Crippen LogP contribution in [-0.4, -0.2) is 63.7 Å². The van der Waals surface area contributed by atoms with E-state index < -0.39 is 23.7 Å². The van der Waals surface area contributed by atoms with E-state index in [1.54, 1.807) is 24.0 Å². The van der Waals surface area contributed by atoms with Gasteiger partial charge >= 0.3 is 12.3 Å². The van der Waals surface area contributed by atoms with Crippen molar-refractivity contribution in [2.75, 3.05) is 25.0 Å². The molecule has 2 aromatic heterocycles. The number of aromatic amines is 1. The summed E-state index contributed by atoms with van der Waals surface area (Å²) in [6.07, 6.45) is -1.66. The first kappa shape index (κ1) is 28.3. The number of rotatable bonds is 7. The SMILES string of the molecule is CCOC(=O)N1CCCC(c2nc(-c3ccc(C(=O)Nc4cc(C(F)(F)F)ccn4)cc3)c(C(N)=NC=N)[nH]2)C1.